The molecule has 6 heteroatoms. The van der Waals surface area contributed by atoms with Gasteiger partial charge in [-0.15, -0.1) is 0 Å². The second-order valence-electron chi connectivity index (χ2n) is 3.71. The predicted molar refractivity (Wildman–Crippen MR) is 64.2 cm³/mol. The second kappa shape index (κ2) is 5.14. The summed E-state index contributed by atoms with van der Waals surface area (Å²) in [6.07, 6.45) is 0.140. The third-order valence-corrected chi connectivity index (χ3v) is 3.32. The molecule has 1 aromatic carbocycles. The molecular formula is C10H14ClNO3S. The minimum absolute atomic E-state index is 0.140. The quantitative estimate of drug-likeness (QED) is 0.814. The first kappa shape index (κ1) is 13.4. The Morgan fingerprint density at radius 2 is 2.12 bits per heavy atom. The predicted octanol–water partition coefficient (Wildman–Crippen LogP) is 1.93. The summed E-state index contributed by atoms with van der Waals surface area (Å²) in [6.45, 7) is 1.90. The molecule has 0 aliphatic heterocycles. The highest BCUT2D eigenvalue weighted by Gasteiger charge is 2.13. The van der Waals surface area contributed by atoms with Crippen molar-refractivity contribution in [2.75, 3.05) is 5.75 Å². The summed E-state index contributed by atoms with van der Waals surface area (Å²) in [5, 5.41) is 0.517. The number of aryl methyl sites for hydroxylation is 1. The first-order chi connectivity index (χ1) is 7.29. The van der Waals surface area contributed by atoms with E-state index >= 15 is 0 Å². The normalized spacial score (nSPS) is 13.8. The Balaban J connectivity index is 2.77. The van der Waals surface area contributed by atoms with E-state index in [-0.39, 0.29) is 12.2 Å². The first-order valence-electron chi connectivity index (χ1n) is 4.76. The zero-order valence-corrected chi connectivity index (χ0v) is 10.4. The molecule has 16 heavy (non-hydrogen) atoms. The van der Waals surface area contributed by atoms with Crippen molar-refractivity contribution in [3.05, 3.63) is 34.3 Å². The van der Waals surface area contributed by atoms with Crippen LogP contribution < -0.4 is 5.73 Å². The molecule has 1 unspecified atom stereocenters. The van der Waals surface area contributed by atoms with Crippen molar-refractivity contribution in [3.8, 4) is 0 Å². The summed E-state index contributed by atoms with van der Waals surface area (Å²) in [4.78, 5) is 0. The highest BCUT2D eigenvalue weighted by atomic mass is 35.5. The molecule has 1 atom stereocenters. The van der Waals surface area contributed by atoms with Crippen molar-refractivity contribution in [1.82, 2.24) is 0 Å². The van der Waals surface area contributed by atoms with Crippen LogP contribution in [-0.4, -0.2) is 18.7 Å². The van der Waals surface area contributed by atoms with Gasteiger partial charge in [-0.1, -0.05) is 23.7 Å². The van der Waals surface area contributed by atoms with Crippen molar-refractivity contribution in [1.29, 1.82) is 0 Å². The lowest BCUT2D eigenvalue weighted by molar-refractivity contribution is 0.477. The minimum atomic E-state index is -3.97. The van der Waals surface area contributed by atoms with Crippen molar-refractivity contribution in [2.45, 2.75) is 19.4 Å². The van der Waals surface area contributed by atoms with Gasteiger partial charge in [-0.25, -0.2) is 0 Å². The smallest absolute Gasteiger partial charge is 0.264 e. The fourth-order valence-corrected chi connectivity index (χ4v) is 2.29. The van der Waals surface area contributed by atoms with E-state index in [0.29, 0.717) is 10.6 Å². The van der Waals surface area contributed by atoms with Gasteiger partial charge in [-0.3, -0.25) is 4.55 Å². The van der Waals surface area contributed by atoms with Crippen LogP contribution in [0.4, 0.5) is 0 Å². The van der Waals surface area contributed by atoms with Crippen LogP contribution in [0.15, 0.2) is 18.2 Å². The molecule has 0 saturated heterocycles. The van der Waals surface area contributed by atoms with E-state index in [1.54, 1.807) is 12.1 Å². The topological polar surface area (TPSA) is 80.4 Å². The molecule has 4 nitrogen and oxygen atoms in total. The number of rotatable bonds is 4. The third kappa shape index (κ3) is 4.09. The van der Waals surface area contributed by atoms with Gasteiger partial charge in [-0.05, 0) is 30.5 Å². The van der Waals surface area contributed by atoms with Crippen molar-refractivity contribution < 1.29 is 13.0 Å². The Hall–Kier alpha value is -0.620. The van der Waals surface area contributed by atoms with Crippen molar-refractivity contribution >= 4 is 21.7 Å². The molecule has 0 bridgehead atoms. The van der Waals surface area contributed by atoms with Crippen LogP contribution >= 0.6 is 11.6 Å². The Bertz CT molecular complexity index is 473. The van der Waals surface area contributed by atoms with Crippen LogP contribution in [0.25, 0.3) is 0 Å². The van der Waals surface area contributed by atoms with Gasteiger partial charge in [0.15, 0.2) is 0 Å². The maximum atomic E-state index is 10.6. The van der Waals surface area contributed by atoms with Crippen LogP contribution in [0.3, 0.4) is 0 Å². The largest absolute Gasteiger partial charge is 0.324 e. The molecule has 90 valence electrons. The highest BCUT2D eigenvalue weighted by Crippen LogP contribution is 2.24. The van der Waals surface area contributed by atoms with Gasteiger partial charge >= 0.3 is 0 Å². The highest BCUT2D eigenvalue weighted by molar-refractivity contribution is 7.85. The third-order valence-electron chi connectivity index (χ3n) is 2.24. The zero-order valence-electron chi connectivity index (χ0n) is 8.85. The van der Waals surface area contributed by atoms with Gasteiger partial charge in [0.1, 0.15) is 0 Å². The van der Waals surface area contributed by atoms with Gasteiger partial charge < -0.3 is 5.73 Å². The maximum absolute atomic E-state index is 10.6. The monoisotopic (exact) mass is 263 g/mol. The van der Waals surface area contributed by atoms with Crippen LogP contribution in [0.5, 0.6) is 0 Å². The molecule has 0 saturated carbocycles. The first-order valence-corrected chi connectivity index (χ1v) is 6.75. The summed E-state index contributed by atoms with van der Waals surface area (Å²) < 4.78 is 29.8. The second-order valence-corrected chi connectivity index (χ2v) is 5.69. The molecule has 0 aliphatic rings. The van der Waals surface area contributed by atoms with E-state index in [0.717, 1.165) is 5.56 Å². The Kier molecular flexibility index (Phi) is 4.32. The summed E-state index contributed by atoms with van der Waals surface area (Å²) >= 11 is 5.98. The number of halogens is 1. The number of hydrogen-bond acceptors (Lipinski definition) is 3. The summed E-state index contributed by atoms with van der Waals surface area (Å²) in [5.74, 6) is -0.363. The van der Waals surface area contributed by atoms with Gasteiger partial charge in [0.05, 0.1) is 5.75 Å². The average molecular weight is 264 g/mol. The van der Waals surface area contributed by atoms with Crippen LogP contribution in [0.2, 0.25) is 5.02 Å². The van der Waals surface area contributed by atoms with E-state index < -0.39 is 16.2 Å². The van der Waals surface area contributed by atoms with Gasteiger partial charge in [0, 0.05) is 11.1 Å². The van der Waals surface area contributed by atoms with E-state index in [9.17, 15) is 8.42 Å². The minimum Gasteiger partial charge on any atom is -0.324 e. The average Bonchev–Trinajstić information content (AvgIpc) is 2.13. The SMILES string of the molecule is Cc1ccc(C(N)CCS(=O)(=O)O)c(Cl)c1. The van der Waals surface area contributed by atoms with Gasteiger partial charge in [0.25, 0.3) is 10.1 Å². The molecule has 0 radical (unpaired) electrons. The lowest BCUT2D eigenvalue weighted by Gasteiger charge is -2.13. The lowest BCUT2D eigenvalue weighted by Crippen LogP contribution is -2.16. The van der Waals surface area contributed by atoms with Crippen molar-refractivity contribution in [3.63, 3.8) is 0 Å². The summed E-state index contributed by atoms with van der Waals surface area (Å²) in [7, 11) is -3.97. The summed E-state index contributed by atoms with van der Waals surface area (Å²) in [5.41, 5.74) is 7.49. The van der Waals surface area contributed by atoms with Gasteiger partial charge in [0.2, 0.25) is 0 Å². The zero-order chi connectivity index (χ0) is 12.3. The van der Waals surface area contributed by atoms with E-state index in [4.69, 9.17) is 21.9 Å². The molecule has 0 aromatic heterocycles. The Labute approximate surface area is 100 Å². The molecule has 0 aliphatic carbocycles. The number of nitrogens with two attached hydrogens (primary N) is 1. The van der Waals surface area contributed by atoms with Gasteiger partial charge in [-0.2, -0.15) is 8.42 Å². The van der Waals surface area contributed by atoms with Crippen molar-refractivity contribution in [2.24, 2.45) is 5.73 Å². The van der Waals surface area contributed by atoms with E-state index in [1.807, 2.05) is 13.0 Å². The number of hydrogen-bond donors (Lipinski definition) is 2. The standard InChI is InChI=1S/C10H14ClNO3S/c1-7-2-3-8(9(11)6-7)10(12)4-5-16(13,14)15/h2-3,6,10H,4-5,12H2,1H3,(H,13,14,15). The Morgan fingerprint density at radius 1 is 1.50 bits per heavy atom. The van der Waals surface area contributed by atoms with Crippen LogP contribution in [0.1, 0.15) is 23.6 Å². The molecule has 1 aromatic rings. The lowest BCUT2D eigenvalue weighted by atomic mass is 10.0. The fourth-order valence-electron chi connectivity index (χ4n) is 1.36. The summed E-state index contributed by atoms with van der Waals surface area (Å²) in [6, 6.07) is 4.90. The molecule has 0 amide bonds. The molecule has 1 rings (SSSR count). The maximum Gasteiger partial charge on any atom is 0.264 e. The fraction of sp³-hybridized carbons (Fsp3) is 0.400. The van der Waals surface area contributed by atoms with E-state index in [1.165, 1.54) is 0 Å². The van der Waals surface area contributed by atoms with Crippen LogP contribution in [-0.2, 0) is 10.1 Å². The molecule has 0 fully saturated rings. The van der Waals surface area contributed by atoms with Crippen LogP contribution in [0, 0.1) is 6.92 Å². The molecule has 3 N–H and O–H groups in total. The molecule has 0 heterocycles. The number of benzene rings is 1. The van der Waals surface area contributed by atoms with E-state index in [2.05, 4.69) is 0 Å². The molecule has 0 spiro atoms. The molecular weight excluding hydrogens is 250 g/mol. The Morgan fingerprint density at radius 3 is 2.62 bits per heavy atom.